The van der Waals surface area contributed by atoms with Gasteiger partial charge >= 0.3 is 0 Å². The Morgan fingerprint density at radius 1 is 1.64 bits per heavy atom. The number of carbonyl (C=O) groups is 2. The van der Waals surface area contributed by atoms with Crippen molar-refractivity contribution in [1.82, 2.24) is 5.32 Å². The van der Waals surface area contributed by atoms with Gasteiger partial charge < -0.3 is 16.8 Å². The van der Waals surface area contributed by atoms with Crippen LogP contribution in [0.2, 0.25) is 0 Å². The topological polar surface area (TPSA) is 98.2 Å². The van der Waals surface area contributed by atoms with Gasteiger partial charge in [-0.05, 0) is 18.9 Å². The Balaban J connectivity index is 0.000000255. The largest absolute Gasteiger partial charge is 0.370 e. The van der Waals surface area contributed by atoms with Crippen LogP contribution >= 0.6 is 0 Å². The van der Waals surface area contributed by atoms with Crippen molar-refractivity contribution in [3.63, 3.8) is 0 Å². The van der Waals surface area contributed by atoms with Gasteiger partial charge in [0, 0.05) is 19.4 Å². The molecule has 1 aliphatic rings. The fourth-order valence-electron chi connectivity index (χ4n) is 1.08. The number of amides is 2. The van der Waals surface area contributed by atoms with Crippen molar-refractivity contribution in [2.45, 2.75) is 26.2 Å². The third kappa shape index (κ3) is 6.42. The lowest BCUT2D eigenvalue weighted by Gasteiger charge is -1.97. The highest BCUT2D eigenvalue weighted by atomic mass is 16.2. The SMILES string of the molecule is CCCC(N)=O.NCC1CNC(=O)C1. The smallest absolute Gasteiger partial charge is 0.220 e. The lowest BCUT2D eigenvalue weighted by atomic mass is 10.1. The molecule has 82 valence electrons. The number of primary amides is 1. The van der Waals surface area contributed by atoms with Crippen molar-refractivity contribution in [2.24, 2.45) is 17.4 Å². The maximum Gasteiger partial charge on any atom is 0.220 e. The zero-order chi connectivity index (χ0) is 11.0. The normalized spacial score (nSPS) is 19.6. The second kappa shape index (κ2) is 7.32. The molecule has 1 atom stereocenters. The molecule has 0 spiro atoms. The molecule has 0 bridgehead atoms. The molecule has 1 saturated heterocycles. The number of hydrogen-bond donors (Lipinski definition) is 3. The lowest BCUT2D eigenvalue weighted by Crippen LogP contribution is -2.17. The van der Waals surface area contributed by atoms with Crippen LogP contribution in [0.1, 0.15) is 26.2 Å². The van der Waals surface area contributed by atoms with Gasteiger partial charge in [0.1, 0.15) is 0 Å². The molecule has 1 fully saturated rings. The molecule has 1 unspecified atom stereocenters. The first-order valence-corrected chi connectivity index (χ1v) is 4.85. The third-order valence-electron chi connectivity index (χ3n) is 1.89. The second-order valence-electron chi connectivity index (χ2n) is 3.33. The van der Waals surface area contributed by atoms with Gasteiger partial charge in [-0.15, -0.1) is 0 Å². The highest BCUT2D eigenvalue weighted by Gasteiger charge is 2.18. The van der Waals surface area contributed by atoms with Gasteiger partial charge in [0.05, 0.1) is 0 Å². The summed E-state index contributed by atoms with van der Waals surface area (Å²) < 4.78 is 0. The summed E-state index contributed by atoms with van der Waals surface area (Å²) in [6.45, 7) is 3.32. The minimum absolute atomic E-state index is 0.139. The van der Waals surface area contributed by atoms with Crippen molar-refractivity contribution in [1.29, 1.82) is 0 Å². The second-order valence-corrected chi connectivity index (χ2v) is 3.33. The lowest BCUT2D eigenvalue weighted by molar-refractivity contribution is -0.119. The summed E-state index contributed by atoms with van der Waals surface area (Å²) in [7, 11) is 0. The summed E-state index contributed by atoms with van der Waals surface area (Å²) >= 11 is 0. The van der Waals surface area contributed by atoms with E-state index in [0.29, 0.717) is 25.3 Å². The average molecular weight is 201 g/mol. The number of rotatable bonds is 3. The molecule has 1 aliphatic heterocycles. The van der Waals surface area contributed by atoms with E-state index in [-0.39, 0.29) is 11.8 Å². The summed E-state index contributed by atoms with van der Waals surface area (Å²) in [6.07, 6.45) is 1.99. The first kappa shape index (κ1) is 12.9. The Morgan fingerprint density at radius 2 is 2.29 bits per heavy atom. The molecule has 0 aliphatic carbocycles. The fraction of sp³-hybridized carbons (Fsp3) is 0.778. The van der Waals surface area contributed by atoms with E-state index >= 15 is 0 Å². The van der Waals surface area contributed by atoms with Crippen molar-refractivity contribution in [2.75, 3.05) is 13.1 Å². The molecule has 1 heterocycles. The summed E-state index contributed by atoms with van der Waals surface area (Å²) in [4.78, 5) is 20.3. The van der Waals surface area contributed by atoms with E-state index in [4.69, 9.17) is 11.5 Å². The van der Waals surface area contributed by atoms with Crippen LogP contribution in [0.25, 0.3) is 0 Å². The Labute approximate surface area is 84.2 Å². The van der Waals surface area contributed by atoms with Crippen LogP contribution in [0.4, 0.5) is 0 Å². The maximum absolute atomic E-state index is 10.4. The van der Waals surface area contributed by atoms with Crippen LogP contribution in [-0.2, 0) is 9.59 Å². The van der Waals surface area contributed by atoms with E-state index in [1.807, 2.05) is 6.92 Å². The maximum atomic E-state index is 10.4. The molecule has 0 saturated carbocycles. The van der Waals surface area contributed by atoms with Crippen molar-refractivity contribution in [3.05, 3.63) is 0 Å². The van der Waals surface area contributed by atoms with Crippen molar-refractivity contribution >= 4 is 11.8 Å². The Hall–Kier alpha value is -1.10. The Morgan fingerprint density at radius 3 is 2.43 bits per heavy atom. The minimum Gasteiger partial charge on any atom is -0.370 e. The van der Waals surface area contributed by atoms with E-state index in [1.54, 1.807) is 0 Å². The molecule has 0 aromatic carbocycles. The molecular formula is C9H19N3O2. The van der Waals surface area contributed by atoms with Crippen LogP contribution < -0.4 is 16.8 Å². The molecule has 2 amide bonds. The van der Waals surface area contributed by atoms with Crippen LogP contribution in [0.5, 0.6) is 0 Å². The quantitative estimate of drug-likeness (QED) is 0.566. The van der Waals surface area contributed by atoms with Crippen LogP contribution in [-0.4, -0.2) is 24.9 Å². The summed E-state index contributed by atoms with van der Waals surface area (Å²) in [5, 5.41) is 2.70. The average Bonchev–Trinajstić information content (AvgIpc) is 2.52. The molecule has 14 heavy (non-hydrogen) atoms. The number of nitrogens with one attached hydrogen (secondary N) is 1. The van der Waals surface area contributed by atoms with Gasteiger partial charge in [0.2, 0.25) is 11.8 Å². The van der Waals surface area contributed by atoms with Crippen LogP contribution in [0, 0.1) is 5.92 Å². The Kier molecular flexibility index (Phi) is 6.74. The highest BCUT2D eigenvalue weighted by molar-refractivity contribution is 5.78. The zero-order valence-electron chi connectivity index (χ0n) is 8.58. The first-order valence-electron chi connectivity index (χ1n) is 4.85. The molecule has 0 aromatic heterocycles. The predicted molar refractivity (Wildman–Crippen MR) is 54.3 cm³/mol. The van der Waals surface area contributed by atoms with Crippen LogP contribution in [0.3, 0.4) is 0 Å². The van der Waals surface area contributed by atoms with E-state index in [2.05, 4.69) is 5.32 Å². The van der Waals surface area contributed by atoms with Gasteiger partial charge in [-0.2, -0.15) is 0 Å². The monoisotopic (exact) mass is 201 g/mol. The predicted octanol–water partition coefficient (Wildman–Crippen LogP) is -0.647. The molecule has 0 aromatic rings. The van der Waals surface area contributed by atoms with E-state index in [9.17, 15) is 9.59 Å². The van der Waals surface area contributed by atoms with Crippen LogP contribution in [0.15, 0.2) is 0 Å². The van der Waals surface area contributed by atoms with E-state index in [1.165, 1.54) is 0 Å². The number of carbonyl (C=O) groups excluding carboxylic acids is 2. The number of hydrogen-bond acceptors (Lipinski definition) is 3. The van der Waals surface area contributed by atoms with Gasteiger partial charge in [0.15, 0.2) is 0 Å². The number of nitrogens with two attached hydrogens (primary N) is 2. The van der Waals surface area contributed by atoms with Gasteiger partial charge in [-0.1, -0.05) is 6.92 Å². The standard InChI is InChI=1S/C5H10N2O.C4H9NO/c6-2-4-1-5(8)7-3-4;1-2-3-4(5)6/h4H,1-3,6H2,(H,7,8);2-3H2,1H3,(H2,5,6). The zero-order valence-corrected chi connectivity index (χ0v) is 8.58. The molecule has 1 rings (SSSR count). The van der Waals surface area contributed by atoms with Crippen molar-refractivity contribution < 1.29 is 9.59 Å². The van der Waals surface area contributed by atoms with Gasteiger partial charge in [0.25, 0.3) is 0 Å². The van der Waals surface area contributed by atoms with E-state index < -0.39 is 0 Å². The fourth-order valence-corrected chi connectivity index (χ4v) is 1.08. The third-order valence-corrected chi connectivity index (χ3v) is 1.89. The van der Waals surface area contributed by atoms with Gasteiger partial charge in [-0.25, -0.2) is 0 Å². The summed E-state index contributed by atoms with van der Waals surface area (Å²) in [6, 6.07) is 0. The molecule has 5 nitrogen and oxygen atoms in total. The van der Waals surface area contributed by atoms with E-state index in [0.717, 1.165) is 13.0 Å². The molecule has 5 heteroatoms. The minimum atomic E-state index is -0.211. The summed E-state index contributed by atoms with van der Waals surface area (Å²) in [5.41, 5.74) is 10.1. The summed E-state index contributed by atoms with van der Waals surface area (Å²) in [5.74, 6) is 0.320. The highest BCUT2D eigenvalue weighted by Crippen LogP contribution is 2.04. The van der Waals surface area contributed by atoms with Crippen molar-refractivity contribution in [3.8, 4) is 0 Å². The molecule has 5 N–H and O–H groups in total. The molecule has 0 radical (unpaired) electrons. The Bertz CT molecular complexity index is 194. The first-order chi connectivity index (χ1) is 6.60. The van der Waals surface area contributed by atoms with Gasteiger partial charge in [-0.3, -0.25) is 9.59 Å². The molecular weight excluding hydrogens is 182 g/mol.